The Morgan fingerprint density at radius 3 is 2.73 bits per heavy atom. The molecule has 0 bridgehead atoms. The van der Waals surface area contributed by atoms with Gasteiger partial charge in [-0.25, -0.2) is 0 Å². The second-order valence-corrected chi connectivity index (χ2v) is 7.03. The van der Waals surface area contributed by atoms with E-state index in [1.807, 2.05) is 24.5 Å². The van der Waals surface area contributed by atoms with E-state index in [-0.39, 0.29) is 11.8 Å². The van der Waals surface area contributed by atoms with Gasteiger partial charge in [0.05, 0.1) is 5.54 Å². The van der Waals surface area contributed by atoms with Gasteiger partial charge in [-0.3, -0.25) is 9.78 Å². The van der Waals surface area contributed by atoms with Gasteiger partial charge in [0.2, 0.25) is 5.91 Å². The van der Waals surface area contributed by atoms with Crippen molar-refractivity contribution in [2.24, 2.45) is 17.8 Å². The van der Waals surface area contributed by atoms with E-state index in [1.54, 1.807) is 0 Å². The van der Waals surface area contributed by atoms with Crippen LogP contribution in [0.15, 0.2) is 36.7 Å². The van der Waals surface area contributed by atoms with Gasteiger partial charge >= 0.3 is 0 Å². The first kappa shape index (κ1) is 13.7. The van der Waals surface area contributed by atoms with E-state index < -0.39 is 5.54 Å². The van der Waals surface area contributed by atoms with E-state index in [1.165, 1.54) is 0 Å². The molecular formula is C18H21N3O. The lowest BCUT2D eigenvalue weighted by Gasteiger charge is -2.28. The molecule has 0 radical (unpaired) electrons. The molecule has 4 nitrogen and oxygen atoms in total. The predicted octanol–water partition coefficient (Wildman–Crippen LogP) is 2.05. The van der Waals surface area contributed by atoms with Gasteiger partial charge in [0.1, 0.15) is 0 Å². The zero-order chi connectivity index (χ0) is 15.3. The largest absolute Gasteiger partial charge is 0.347 e. The summed E-state index contributed by atoms with van der Waals surface area (Å²) in [4.78, 5) is 16.9. The first-order valence-corrected chi connectivity index (χ1v) is 7.94. The first-order chi connectivity index (χ1) is 10.6. The third-order valence-corrected chi connectivity index (χ3v) is 5.17. The molecule has 2 aromatic rings. The molecule has 4 heteroatoms. The Kier molecular flexibility index (Phi) is 2.98. The molecule has 2 N–H and O–H groups in total. The standard InChI is InChI=1S/C18H21N3O/c1-18(2,21-17(22)16-13-8-20-9-14(13)16)15-10-19-7-11-5-3-4-6-12(11)15/h3-7,10,13-14,16,20H,8-9H2,1-2H3,(H,21,22)/t13-,14+,16+. The average Bonchev–Trinajstić information content (AvgIpc) is 3.00. The Hall–Kier alpha value is -1.94. The number of nitrogens with one attached hydrogen (secondary N) is 2. The van der Waals surface area contributed by atoms with Crippen LogP contribution in [0.1, 0.15) is 19.4 Å². The third-order valence-electron chi connectivity index (χ3n) is 5.17. The zero-order valence-corrected chi connectivity index (χ0v) is 13.0. The minimum absolute atomic E-state index is 0.189. The second kappa shape index (κ2) is 4.78. The number of carbonyl (C=O) groups is 1. The summed E-state index contributed by atoms with van der Waals surface area (Å²) in [5.41, 5.74) is 0.651. The maximum atomic E-state index is 12.6. The van der Waals surface area contributed by atoms with Gasteiger partial charge in [0.15, 0.2) is 0 Å². The fourth-order valence-electron chi connectivity index (χ4n) is 3.88. The summed E-state index contributed by atoms with van der Waals surface area (Å²) in [6.07, 6.45) is 3.74. The van der Waals surface area contributed by atoms with E-state index in [2.05, 4.69) is 41.6 Å². The minimum atomic E-state index is -0.421. The molecule has 3 atom stereocenters. The number of benzene rings is 1. The summed E-state index contributed by atoms with van der Waals surface area (Å²) in [5.74, 6) is 1.47. The van der Waals surface area contributed by atoms with Crippen molar-refractivity contribution < 1.29 is 4.79 Å². The molecule has 0 unspecified atom stereocenters. The fourth-order valence-corrected chi connectivity index (χ4v) is 3.88. The third kappa shape index (κ3) is 2.10. The maximum absolute atomic E-state index is 12.6. The first-order valence-electron chi connectivity index (χ1n) is 7.94. The van der Waals surface area contributed by atoms with Gasteiger partial charge in [0.25, 0.3) is 0 Å². The van der Waals surface area contributed by atoms with Crippen molar-refractivity contribution in [1.82, 2.24) is 15.6 Å². The lowest BCUT2D eigenvalue weighted by atomic mass is 9.91. The quantitative estimate of drug-likeness (QED) is 0.911. The summed E-state index contributed by atoms with van der Waals surface area (Å²) in [6, 6.07) is 8.19. The number of rotatable bonds is 3. The Morgan fingerprint density at radius 1 is 1.23 bits per heavy atom. The van der Waals surface area contributed by atoms with Crippen molar-refractivity contribution in [3.05, 3.63) is 42.2 Å². The molecule has 1 aromatic heterocycles. The van der Waals surface area contributed by atoms with E-state index >= 15 is 0 Å². The van der Waals surface area contributed by atoms with Gasteiger partial charge < -0.3 is 10.6 Å². The number of piperidine rings is 1. The van der Waals surface area contributed by atoms with Gasteiger partial charge in [-0.1, -0.05) is 24.3 Å². The summed E-state index contributed by atoms with van der Waals surface area (Å²) in [6.45, 7) is 6.09. The molecule has 1 aliphatic carbocycles. The fraction of sp³-hybridized carbons (Fsp3) is 0.444. The van der Waals surface area contributed by atoms with Crippen molar-refractivity contribution in [3.63, 3.8) is 0 Å². The predicted molar refractivity (Wildman–Crippen MR) is 86.3 cm³/mol. The van der Waals surface area contributed by atoms with Crippen LogP contribution in [0.2, 0.25) is 0 Å². The average molecular weight is 295 g/mol. The zero-order valence-electron chi connectivity index (χ0n) is 13.0. The maximum Gasteiger partial charge on any atom is 0.224 e. The summed E-state index contributed by atoms with van der Waals surface area (Å²) in [7, 11) is 0. The Labute approximate surface area is 130 Å². The van der Waals surface area contributed by atoms with E-state index in [0.717, 1.165) is 29.4 Å². The van der Waals surface area contributed by atoms with Crippen LogP contribution in [-0.4, -0.2) is 24.0 Å². The topological polar surface area (TPSA) is 54.0 Å². The summed E-state index contributed by atoms with van der Waals surface area (Å²) in [5, 5.41) is 8.84. The number of aromatic nitrogens is 1. The summed E-state index contributed by atoms with van der Waals surface area (Å²) >= 11 is 0. The Bertz CT molecular complexity index is 725. The van der Waals surface area contributed by atoms with E-state index in [4.69, 9.17) is 0 Å². The number of amides is 1. The van der Waals surface area contributed by atoms with Crippen molar-refractivity contribution in [2.45, 2.75) is 19.4 Å². The smallest absolute Gasteiger partial charge is 0.224 e. The van der Waals surface area contributed by atoms with Crippen molar-refractivity contribution in [3.8, 4) is 0 Å². The molecule has 1 saturated carbocycles. The number of nitrogens with zero attached hydrogens (tertiary/aromatic N) is 1. The molecule has 22 heavy (non-hydrogen) atoms. The van der Waals surface area contributed by atoms with Gasteiger partial charge in [-0.05, 0) is 44.2 Å². The minimum Gasteiger partial charge on any atom is -0.347 e. The van der Waals surface area contributed by atoms with E-state index in [9.17, 15) is 4.79 Å². The highest BCUT2D eigenvalue weighted by Crippen LogP contribution is 2.49. The van der Waals surface area contributed by atoms with Crippen molar-refractivity contribution in [1.29, 1.82) is 0 Å². The molecule has 1 saturated heterocycles. The highest BCUT2D eigenvalue weighted by Gasteiger charge is 2.57. The molecule has 1 aliphatic heterocycles. The van der Waals surface area contributed by atoms with Gasteiger partial charge in [-0.2, -0.15) is 0 Å². The Morgan fingerprint density at radius 2 is 1.95 bits per heavy atom. The van der Waals surface area contributed by atoms with Crippen LogP contribution in [0.4, 0.5) is 0 Å². The lowest BCUT2D eigenvalue weighted by Crippen LogP contribution is -2.43. The van der Waals surface area contributed by atoms with Crippen molar-refractivity contribution >= 4 is 16.7 Å². The molecule has 4 rings (SSSR count). The highest BCUT2D eigenvalue weighted by molar-refractivity contribution is 5.87. The van der Waals surface area contributed by atoms with Gasteiger partial charge in [-0.15, -0.1) is 0 Å². The number of hydrogen-bond donors (Lipinski definition) is 2. The molecule has 2 fully saturated rings. The van der Waals surface area contributed by atoms with Crippen LogP contribution in [0.5, 0.6) is 0 Å². The normalized spacial score (nSPS) is 26.7. The van der Waals surface area contributed by atoms with Crippen LogP contribution in [-0.2, 0) is 10.3 Å². The number of carbonyl (C=O) groups excluding carboxylic acids is 1. The SMILES string of the molecule is CC(C)(NC(=O)[C@H]1[C@@H]2CNC[C@@H]21)c1cncc2ccccc12. The van der Waals surface area contributed by atoms with Crippen LogP contribution in [0.3, 0.4) is 0 Å². The van der Waals surface area contributed by atoms with Gasteiger partial charge in [0, 0.05) is 29.3 Å². The van der Waals surface area contributed by atoms with Crippen molar-refractivity contribution in [2.75, 3.05) is 13.1 Å². The van der Waals surface area contributed by atoms with E-state index in [0.29, 0.717) is 11.8 Å². The number of hydrogen-bond acceptors (Lipinski definition) is 3. The van der Waals surface area contributed by atoms with Crippen LogP contribution in [0.25, 0.3) is 10.8 Å². The summed E-state index contributed by atoms with van der Waals surface area (Å²) < 4.78 is 0. The molecule has 2 aliphatic rings. The number of pyridine rings is 1. The molecule has 2 heterocycles. The highest BCUT2D eigenvalue weighted by atomic mass is 16.2. The Balaban J connectivity index is 1.61. The molecule has 114 valence electrons. The molecule has 1 amide bonds. The second-order valence-electron chi connectivity index (χ2n) is 7.03. The van der Waals surface area contributed by atoms with Crippen LogP contribution >= 0.6 is 0 Å². The molecule has 1 aromatic carbocycles. The van der Waals surface area contributed by atoms with Crippen LogP contribution < -0.4 is 10.6 Å². The molecule has 0 spiro atoms. The lowest BCUT2D eigenvalue weighted by molar-refractivity contribution is -0.124. The monoisotopic (exact) mass is 295 g/mol. The van der Waals surface area contributed by atoms with Crippen LogP contribution in [0, 0.1) is 17.8 Å². The molecular weight excluding hydrogens is 274 g/mol. The number of fused-ring (bicyclic) bond motifs is 2.